The van der Waals surface area contributed by atoms with Crippen molar-refractivity contribution >= 4 is 53.3 Å². The molecule has 10 aromatic carbocycles. The maximum absolute atomic E-state index is 14.1. The van der Waals surface area contributed by atoms with Gasteiger partial charge in [0.05, 0.1) is 46.3 Å². The zero-order valence-corrected chi connectivity index (χ0v) is 81.4. The number of nitrogens with two attached hydrogens (primary N) is 1. The number of esters is 2. The number of aryl methyl sites for hydroxylation is 4. The van der Waals surface area contributed by atoms with E-state index in [9.17, 15) is 82.3 Å². The van der Waals surface area contributed by atoms with Gasteiger partial charge in [0.15, 0.2) is 28.1 Å². The van der Waals surface area contributed by atoms with Crippen LogP contribution in [0.25, 0.3) is 0 Å². The Balaban J connectivity index is 0.000000153. The van der Waals surface area contributed by atoms with Crippen LogP contribution in [0.3, 0.4) is 0 Å². The topological polar surface area (TPSA) is 330 Å². The van der Waals surface area contributed by atoms with E-state index < -0.39 is 92.4 Å². The van der Waals surface area contributed by atoms with Gasteiger partial charge in [-0.25, -0.2) is 78.4 Å². The van der Waals surface area contributed by atoms with Crippen LogP contribution in [0.1, 0.15) is 143 Å². The van der Waals surface area contributed by atoms with E-state index in [-0.39, 0.29) is 103 Å². The van der Waals surface area contributed by atoms with Crippen LogP contribution >= 0.6 is 0 Å². The number of rotatable bonds is 23. The average molecular weight is 2030 g/mol. The quantitative estimate of drug-likeness (QED) is 0.0256. The summed E-state index contributed by atoms with van der Waals surface area (Å²) < 4.78 is 144. The minimum absolute atomic E-state index is 0.0242. The fourth-order valence-corrected chi connectivity index (χ4v) is 17.5. The SMILES string of the molecule is C=C1NC(=O)C(c2ccc(F)cc2)(c2ccc(F)cc2)N1.C=C1NC(c2ccc(F)cc2)(c2ccc(F)cc2)C(=O)N1Cc1cc(C)nc(C(=O)N(C)Cc2ccc(F)cc2)c1.C=C1NC(c2ccc(F)cc2)(c2ccc(F)cc2)C(=O)N1Cc1cc(C)nc(C(=O)OC)c1.COC(=O)c1cc(CO)cc(C)n1.Cc1cc(CN2C(=O)C(c3ccc(F)cc3)(c3ccc(F)cc3)N=C2N)cc(C(=O)N(C)Cc2ccc(F)cc2)n1. The van der Waals surface area contributed by atoms with Crippen molar-refractivity contribution in [2.45, 2.75) is 89.2 Å². The molecule has 0 saturated carbocycles. The molecule has 36 heteroatoms. The molecular weight excluding hydrogens is 1930 g/mol. The van der Waals surface area contributed by atoms with Crippen LogP contribution in [0.4, 0.5) is 43.9 Å². The second kappa shape index (κ2) is 45.5. The largest absolute Gasteiger partial charge is 0.464 e. The normalized spacial score (nSPS) is 14.3. The molecule has 8 heterocycles. The number of aliphatic imine (C=N–C) groups is 1. The Bertz CT molecular complexity index is 7170. The number of carbonyl (C=O) groups is 8. The van der Waals surface area contributed by atoms with Crippen molar-refractivity contribution in [3.8, 4) is 0 Å². The predicted molar refractivity (Wildman–Crippen MR) is 531 cm³/mol. The highest BCUT2D eigenvalue weighted by Gasteiger charge is 2.55. The van der Waals surface area contributed by atoms with Gasteiger partial charge in [-0.1, -0.05) is 141 Å². The van der Waals surface area contributed by atoms with Gasteiger partial charge in [-0.3, -0.25) is 43.5 Å². The van der Waals surface area contributed by atoms with Crippen LogP contribution in [-0.2, 0) is 90.1 Å². The molecule has 4 aliphatic heterocycles. The van der Waals surface area contributed by atoms with Crippen LogP contribution in [-0.4, -0.2) is 131 Å². The summed E-state index contributed by atoms with van der Waals surface area (Å²) in [4.78, 5) is 133. The fourth-order valence-electron chi connectivity index (χ4n) is 17.5. The number of nitrogens with one attached hydrogen (secondary N) is 4. The number of pyridine rings is 4. The van der Waals surface area contributed by atoms with E-state index in [4.69, 9.17) is 15.6 Å². The van der Waals surface area contributed by atoms with E-state index in [0.29, 0.717) is 107 Å². The highest BCUT2D eigenvalue weighted by Crippen LogP contribution is 2.45. The summed E-state index contributed by atoms with van der Waals surface area (Å²) in [6.07, 6.45) is 0. The number of ether oxygens (including phenoxy) is 2. The van der Waals surface area contributed by atoms with Gasteiger partial charge < -0.3 is 51.4 Å². The summed E-state index contributed by atoms with van der Waals surface area (Å²) in [6.45, 7) is 19.3. The lowest BCUT2D eigenvalue weighted by Gasteiger charge is -2.28. The Kier molecular flexibility index (Phi) is 32.6. The molecule has 0 bridgehead atoms. The molecule has 26 nitrogen and oxygen atoms in total. The Morgan fingerprint density at radius 1 is 0.342 bits per heavy atom. The third-order valence-corrected chi connectivity index (χ3v) is 24.5. The van der Waals surface area contributed by atoms with Gasteiger partial charge in [-0.15, -0.1) is 0 Å². The molecule has 0 aliphatic carbocycles. The molecule has 18 rings (SSSR count). The number of nitrogens with zero attached hydrogens (tertiary/aromatic N) is 10. The number of hydrogen-bond donors (Lipinski definition) is 6. The number of aromatic nitrogens is 4. The van der Waals surface area contributed by atoms with E-state index >= 15 is 0 Å². The van der Waals surface area contributed by atoms with Gasteiger partial charge >= 0.3 is 11.9 Å². The molecule has 3 fully saturated rings. The number of benzene rings is 10. The number of methoxy groups -OCH3 is 2. The number of aliphatic hydroxyl groups is 1. The molecule has 760 valence electrons. The lowest BCUT2D eigenvalue weighted by Crippen LogP contribution is -2.44. The third kappa shape index (κ3) is 23.6. The first-order valence-electron chi connectivity index (χ1n) is 45.9. The van der Waals surface area contributed by atoms with Crippen LogP contribution in [0, 0.1) is 85.9 Å². The van der Waals surface area contributed by atoms with Crippen LogP contribution < -0.4 is 27.0 Å². The summed E-state index contributed by atoms with van der Waals surface area (Å²) in [6, 6.07) is 68.9. The van der Waals surface area contributed by atoms with E-state index in [1.54, 1.807) is 109 Å². The summed E-state index contributed by atoms with van der Waals surface area (Å²) in [7, 11) is 5.81. The second-order valence-electron chi connectivity index (χ2n) is 35.1. The number of halogens is 10. The maximum atomic E-state index is 14.1. The average Bonchev–Trinajstić information content (AvgIpc) is 1.58. The first-order chi connectivity index (χ1) is 71.1. The van der Waals surface area contributed by atoms with E-state index in [2.05, 4.69) is 70.7 Å². The molecule has 0 spiro atoms. The van der Waals surface area contributed by atoms with E-state index in [1.165, 1.54) is 263 Å². The Morgan fingerprint density at radius 3 is 0.866 bits per heavy atom. The summed E-state index contributed by atoms with van der Waals surface area (Å²) in [5.41, 5.74) is 11.4. The van der Waals surface area contributed by atoms with Crippen molar-refractivity contribution in [2.24, 2.45) is 10.7 Å². The number of carbonyl (C=O) groups excluding carboxylic acids is 8. The maximum Gasteiger partial charge on any atom is 0.356 e. The van der Waals surface area contributed by atoms with Crippen LogP contribution in [0.5, 0.6) is 0 Å². The van der Waals surface area contributed by atoms with Crippen LogP contribution in [0.2, 0.25) is 0 Å². The highest BCUT2D eigenvalue weighted by molar-refractivity contribution is 6.09. The van der Waals surface area contributed by atoms with Gasteiger partial charge in [0.25, 0.3) is 35.4 Å². The Morgan fingerprint density at radius 2 is 0.591 bits per heavy atom. The van der Waals surface area contributed by atoms with Gasteiger partial charge in [-0.05, 0) is 275 Å². The molecule has 3 saturated heterocycles. The van der Waals surface area contributed by atoms with Crippen molar-refractivity contribution in [1.82, 2.24) is 65.7 Å². The number of guanidine groups is 1. The van der Waals surface area contributed by atoms with Crippen molar-refractivity contribution in [2.75, 3.05) is 28.3 Å². The lowest BCUT2D eigenvalue weighted by atomic mass is 9.82. The van der Waals surface area contributed by atoms with Gasteiger partial charge in [0.2, 0.25) is 0 Å². The fraction of sp³-hybridized carbons (Fsp3) is 0.159. The minimum Gasteiger partial charge on any atom is -0.464 e. The Labute approximate surface area is 849 Å². The molecule has 4 aliphatic rings. The van der Waals surface area contributed by atoms with E-state index in [1.807, 2.05) is 0 Å². The monoisotopic (exact) mass is 2030 g/mol. The standard InChI is InChI=1S/C32H27F3N4O2.C31H26F3N5O2.C25H21F2N3O3.C16H12F2N2O.C9H11NO3/c1-20-16-23(17-29(36-20)30(40)38(3)18-22-4-10-26(33)11-5-22)19-39-21(2)37-32(31(39)41,24-6-12-27(34)13-7-24)25-8-14-28(35)15-9-25;1-19-15-21(16-27(36-19)28(40)38(2)17-20-3-9-24(32)10-4-20)18-39-29(41)31(37-30(39)35,22-5-11-25(33)12-6-22)23-7-13-26(34)14-8-23;1-15-12-17(13-22(28-15)23(31)33-3)14-30-16(2)29-25(24(30)32,18-4-8-20(26)9-5-18)19-6-10-21(27)11-7-19;1-10-19-15(21)16(20-10,11-2-6-13(17)7-3-11)12-4-8-14(18)9-5-12;1-6-3-7(5-11)4-8(10-6)9(12)13-2/h4-17,37H,2,18-19H2,1,3H3;3-16H,17-18H2,1-2H3,(H2,35,37);4-13,29H,2,14H2,1,3H3;2-9,20H,1H2,(H,19,21);3-4,11H,5H2,1-2H3. The van der Waals surface area contributed by atoms with Crippen LogP contribution in [0.15, 0.2) is 333 Å². The first kappa shape index (κ1) is 107. The van der Waals surface area contributed by atoms with Gasteiger partial charge in [-0.2, -0.15) is 0 Å². The summed E-state index contributed by atoms with van der Waals surface area (Å²) in [5.74, 6) is -6.85. The zero-order chi connectivity index (χ0) is 107. The smallest absolute Gasteiger partial charge is 0.356 e. The van der Waals surface area contributed by atoms with Crippen molar-refractivity contribution in [1.29, 1.82) is 0 Å². The Hall–Kier alpha value is -18.1. The minimum atomic E-state index is -1.65. The molecule has 14 aromatic rings. The number of aliphatic hydroxyl groups excluding tert-OH is 1. The molecular formula is C113H97F10N15O11. The van der Waals surface area contributed by atoms with Crippen molar-refractivity contribution in [3.05, 3.63) is 510 Å². The molecule has 149 heavy (non-hydrogen) atoms. The molecule has 0 radical (unpaired) electrons. The third-order valence-electron chi connectivity index (χ3n) is 24.5. The summed E-state index contributed by atoms with van der Waals surface area (Å²) in [5, 5.41) is 20.8. The van der Waals surface area contributed by atoms with Crippen molar-refractivity contribution in [3.63, 3.8) is 0 Å². The molecule has 6 amide bonds. The molecule has 0 atom stereocenters. The van der Waals surface area contributed by atoms with E-state index in [0.717, 1.165) is 11.1 Å². The first-order valence-corrected chi connectivity index (χ1v) is 45.9. The highest BCUT2D eigenvalue weighted by atomic mass is 19.2. The molecule has 7 N–H and O–H groups in total. The number of amides is 6. The molecule has 4 aromatic heterocycles. The van der Waals surface area contributed by atoms with Gasteiger partial charge in [0, 0.05) is 50.0 Å². The lowest BCUT2D eigenvalue weighted by molar-refractivity contribution is -0.132. The zero-order valence-electron chi connectivity index (χ0n) is 81.4. The summed E-state index contributed by atoms with van der Waals surface area (Å²) >= 11 is 0. The second-order valence-corrected chi connectivity index (χ2v) is 35.1. The predicted octanol–water partition coefficient (Wildman–Crippen LogP) is 17.0. The molecule has 0 unspecified atom stereocenters. The van der Waals surface area contributed by atoms with Crippen molar-refractivity contribution < 1.29 is 96.8 Å². The van der Waals surface area contributed by atoms with Gasteiger partial charge in [0.1, 0.15) is 92.6 Å². The number of hydrogen-bond acceptors (Lipinski definition) is 20.